The largest absolute Gasteiger partial charge is 0.550 e. The first-order valence-corrected chi connectivity index (χ1v) is 4.88. The van der Waals surface area contributed by atoms with E-state index in [1.807, 2.05) is 0 Å². The van der Waals surface area contributed by atoms with Crippen molar-refractivity contribution in [2.24, 2.45) is 5.92 Å². The molecule has 0 aromatic heterocycles. The quantitative estimate of drug-likeness (QED) is 0.462. The van der Waals surface area contributed by atoms with Crippen LogP contribution in [0.3, 0.4) is 0 Å². The Morgan fingerprint density at radius 1 is 1.25 bits per heavy atom. The maximum absolute atomic E-state index is 10.9. The maximum Gasteiger partial charge on any atom is 0.172 e. The Labute approximate surface area is 94.2 Å². The van der Waals surface area contributed by atoms with E-state index in [4.69, 9.17) is 9.47 Å². The van der Waals surface area contributed by atoms with Gasteiger partial charge in [-0.1, -0.05) is 0 Å². The second-order valence-electron chi connectivity index (χ2n) is 3.56. The van der Waals surface area contributed by atoms with Crippen molar-refractivity contribution < 1.29 is 29.3 Å². The molecule has 6 heteroatoms. The van der Waals surface area contributed by atoms with E-state index in [0.717, 1.165) is 0 Å². The van der Waals surface area contributed by atoms with E-state index in [0.29, 0.717) is 0 Å². The van der Waals surface area contributed by atoms with Crippen molar-refractivity contribution in [2.75, 3.05) is 14.2 Å². The molecular formula is C10H16O6-2. The van der Waals surface area contributed by atoms with Gasteiger partial charge in [0.2, 0.25) is 0 Å². The third-order valence-electron chi connectivity index (χ3n) is 2.60. The molecule has 0 spiro atoms. The summed E-state index contributed by atoms with van der Waals surface area (Å²) in [6, 6.07) is 0. The van der Waals surface area contributed by atoms with Crippen LogP contribution in [0.1, 0.15) is 26.2 Å². The third kappa shape index (κ3) is 4.16. The Balaban J connectivity index is 4.49. The van der Waals surface area contributed by atoms with Crippen LogP contribution in [0.5, 0.6) is 0 Å². The van der Waals surface area contributed by atoms with Crippen LogP contribution >= 0.6 is 0 Å². The number of ether oxygens (including phenoxy) is 2. The zero-order valence-electron chi connectivity index (χ0n) is 9.65. The lowest BCUT2D eigenvalue weighted by Gasteiger charge is -2.35. The molecular weight excluding hydrogens is 216 g/mol. The molecule has 0 rings (SSSR count). The van der Waals surface area contributed by atoms with Crippen LogP contribution in [0.25, 0.3) is 0 Å². The lowest BCUT2D eigenvalue weighted by Crippen LogP contribution is -2.48. The Morgan fingerprint density at radius 2 is 1.75 bits per heavy atom. The highest BCUT2D eigenvalue weighted by Gasteiger charge is 2.34. The molecule has 1 unspecified atom stereocenters. The standard InChI is InChI=1S/C10H18O6/c1-10(15-2,16-3)7(9(13)14)5-4-6-8(11)12/h7H,4-6H2,1-3H3,(H,11,12)(H,13,14)/p-2. The van der Waals surface area contributed by atoms with Gasteiger partial charge in [0.05, 0.1) is 5.92 Å². The molecule has 0 saturated carbocycles. The number of hydrogen-bond donors (Lipinski definition) is 0. The summed E-state index contributed by atoms with van der Waals surface area (Å²) in [6.07, 6.45) is 0.0606. The first-order valence-electron chi connectivity index (χ1n) is 4.88. The number of hydrogen-bond acceptors (Lipinski definition) is 6. The molecule has 6 nitrogen and oxygen atoms in total. The Hall–Kier alpha value is -1.14. The lowest BCUT2D eigenvalue weighted by atomic mass is 9.93. The summed E-state index contributed by atoms with van der Waals surface area (Å²) in [5, 5.41) is 21.1. The fraction of sp³-hybridized carbons (Fsp3) is 0.800. The van der Waals surface area contributed by atoms with E-state index in [9.17, 15) is 19.8 Å². The zero-order valence-corrected chi connectivity index (χ0v) is 9.65. The molecule has 0 amide bonds. The fourth-order valence-corrected chi connectivity index (χ4v) is 1.41. The van der Waals surface area contributed by atoms with Gasteiger partial charge in [0.15, 0.2) is 5.79 Å². The number of rotatable bonds is 8. The summed E-state index contributed by atoms with van der Waals surface area (Å²) < 4.78 is 9.92. The van der Waals surface area contributed by atoms with E-state index in [-0.39, 0.29) is 19.3 Å². The van der Waals surface area contributed by atoms with Crippen LogP contribution in [0.4, 0.5) is 0 Å². The van der Waals surface area contributed by atoms with Crippen molar-refractivity contribution in [1.82, 2.24) is 0 Å². The molecule has 0 saturated heterocycles. The van der Waals surface area contributed by atoms with E-state index < -0.39 is 23.6 Å². The minimum Gasteiger partial charge on any atom is -0.550 e. The van der Waals surface area contributed by atoms with Crippen LogP contribution in [-0.4, -0.2) is 31.9 Å². The Kier molecular flexibility index (Phi) is 5.98. The predicted molar refractivity (Wildman–Crippen MR) is 49.8 cm³/mol. The van der Waals surface area contributed by atoms with E-state index in [1.165, 1.54) is 21.1 Å². The number of aliphatic carboxylic acids is 2. The summed E-state index contributed by atoms with van der Waals surface area (Å²) >= 11 is 0. The summed E-state index contributed by atoms with van der Waals surface area (Å²) in [6.45, 7) is 1.46. The highest BCUT2D eigenvalue weighted by Crippen LogP contribution is 2.26. The second-order valence-corrected chi connectivity index (χ2v) is 3.56. The SMILES string of the molecule is COC(C)(OC)C(CCCC(=O)[O-])C(=O)[O-]. The van der Waals surface area contributed by atoms with Crippen molar-refractivity contribution in [1.29, 1.82) is 0 Å². The molecule has 0 N–H and O–H groups in total. The summed E-state index contributed by atoms with van der Waals surface area (Å²) in [4.78, 5) is 21.1. The summed E-state index contributed by atoms with van der Waals surface area (Å²) in [5.41, 5.74) is 0. The highest BCUT2D eigenvalue weighted by atomic mass is 16.7. The van der Waals surface area contributed by atoms with Gasteiger partial charge in [-0.15, -0.1) is 0 Å². The summed E-state index contributed by atoms with van der Waals surface area (Å²) in [5.74, 6) is -4.88. The lowest BCUT2D eigenvalue weighted by molar-refractivity contribution is -0.331. The monoisotopic (exact) mass is 232 g/mol. The van der Waals surface area contributed by atoms with Crippen LogP contribution in [0.15, 0.2) is 0 Å². The molecule has 0 heterocycles. The summed E-state index contributed by atoms with van der Waals surface area (Å²) in [7, 11) is 2.64. The normalized spacial score (nSPS) is 13.4. The van der Waals surface area contributed by atoms with Crippen LogP contribution in [0.2, 0.25) is 0 Å². The molecule has 0 bridgehead atoms. The average Bonchev–Trinajstić information content (AvgIpc) is 2.22. The fourth-order valence-electron chi connectivity index (χ4n) is 1.41. The van der Waals surface area contributed by atoms with Gasteiger partial charge in [0.1, 0.15) is 0 Å². The van der Waals surface area contributed by atoms with Crippen LogP contribution in [-0.2, 0) is 19.1 Å². The molecule has 0 aromatic carbocycles. The highest BCUT2D eigenvalue weighted by molar-refractivity contribution is 5.69. The Morgan fingerprint density at radius 3 is 2.06 bits per heavy atom. The van der Waals surface area contributed by atoms with Crippen molar-refractivity contribution >= 4 is 11.9 Å². The van der Waals surface area contributed by atoms with Gasteiger partial charge >= 0.3 is 0 Å². The smallest absolute Gasteiger partial charge is 0.172 e. The van der Waals surface area contributed by atoms with Gasteiger partial charge in [-0.2, -0.15) is 0 Å². The number of carboxylic acid groups (broad SMARTS) is 2. The Bertz CT molecular complexity index is 246. The minimum atomic E-state index is -1.33. The van der Waals surface area contributed by atoms with Crippen molar-refractivity contribution in [2.45, 2.75) is 32.0 Å². The van der Waals surface area contributed by atoms with Crippen molar-refractivity contribution in [3.05, 3.63) is 0 Å². The van der Waals surface area contributed by atoms with Gasteiger partial charge < -0.3 is 29.3 Å². The van der Waals surface area contributed by atoms with Gasteiger partial charge in [-0.25, -0.2) is 0 Å². The molecule has 0 aromatic rings. The number of carboxylic acids is 2. The van der Waals surface area contributed by atoms with Gasteiger partial charge in [-0.05, 0) is 26.2 Å². The molecule has 0 aliphatic carbocycles. The minimum absolute atomic E-state index is 0.0918. The second kappa shape index (κ2) is 6.44. The van der Waals surface area contributed by atoms with Crippen LogP contribution < -0.4 is 10.2 Å². The van der Waals surface area contributed by atoms with Crippen molar-refractivity contribution in [3.63, 3.8) is 0 Å². The molecule has 1 atom stereocenters. The first kappa shape index (κ1) is 14.9. The molecule has 0 aliphatic heterocycles. The number of methoxy groups -OCH3 is 2. The zero-order chi connectivity index (χ0) is 12.8. The number of carbonyl (C=O) groups excluding carboxylic acids is 2. The van der Waals surface area contributed by atoms with Gasteiger partial charge in [0.25, 0.3) is 0 Å². The van der Waals surface area contributed by atoms with Gasteiger partial charge in [0, 0.05) is 26.2 Å². The predicted octanol–water partition coefficient (Wildman–Crippen LogP) is -1.72. The molecule has 94 valence electrons. The molecule has 0 aliphatic rings. The van der Waals surface area contributed by atoms with Crippen LogP contribution in [0, 0.1) is 5.92 Å². The first-order chi connectivity index (χ1) is 7.37. The topological polar surface area (TPSA) is 98.7 Å². The van der Waals surface area contributed by atoms with E-state index in [2.05, 4.69) is 0 Å². The van der Waals surface area contributed by atoms with E-state index in [1.54, 1.807) is 0 Å². The van der Waals surface area contributed by atoms with Gasteiger partial charge in [-0.3, -0.25) is 0 Å². The average molecular weight is 232 g/mol. The maximum atomic E-state index is 10.9. The number of carbonyl (C=O) groups is 2. The molecule has 0 radical (unpaired) electrons. The third-order valence-corrected chi connectivity index (χ3v) is 2.60. The molecule has 0 fully saturated rings. The molecule has 16 heavy (non-hydrogen) atoms. The van der Waals surface area contributed by atoms with E-state index >= 15 is 0 Å². The van der Waals surface area contributed by atoms with Crippen molar-refractivity contribution in [3.8, 4) is 0 Å².